The molecule has 1 N–H and O–H groups in total. The minimum absolute atomic E-state index is 0.350. The molecule has 1 saturated carbocycles. The molecule has 1 fully saturated rings. The second kappa shape index (κ2) is 5.96. The van der Waals surface area contributed by atoms with E-state index < -0.39 is 0 Å². The third-order valence-electron chi connectivity index (χ3n) is 4.34. The Morgan fingerprint density at radius 1 is 1.32 bits per heavy atom. The lowest BCUT2D eigenvalue weighted by molar-refractivity contribution is 0.0565. The lowest BCUT2D eigenvalue weighted by Crippen LogP contribution is -2.25. The van der Waals surface area contributed by atoms with Crippen LogP contribution in [0.1, 0.15) is 58.1 Å². The van der Waals surface area contributed by atoms with Gasteiger partial charge in [-0.1, -0.05) is 26.0 Å². The van der Waals surface area contributed by atoms with E-state index in [1.54, 1.807) is 0 Å². The summed E-state index contributed by atoms with van der Waals surface area (Å²) in [6.45, 7) is 7.29. The van der Waals surface area contributed by atoms with E-state index in [0.29, 0.717) is 17.9 Å². The van der Waals surface area contributed by atoms with Crippen LogP contribution in [0.2, 0.25) is 0 Å². The van der Waals surface area contributed by atoms with E-state index in [2.05, 4.69) is 13.8 Å². The molecule has 0 spiro atoms. The third kappa shape index (κ3) is 3.73. The predicted octanol–water partition coefficient (Wildman–Crippen LogP) is 4.34. The van der Waals surface area contributed by atoms with Crippen LogP contribution in [0.5, 0.6) is 5.75 Å². The van der Waals surface area contributed by atoms with Gasteiger partial charge in [-0.25, -0.2) is 0 Å². The molecule has 106 valence electrons. The Kier molecular flexibility index (Phi) is 4.51. The Bertz CT molecular complexity index is 401. The molecule has 0 saturated heterocycles. The van der Waals surface area contributed by atoms with Crippen LogP contribution in [0, 0.1) is 11.3 Å². The first-order valence-corrected chi connectivity index (χ1v) is 7.43. The topological polar surface area (TPSA) is 29.5 Å². The van der Waals surface area contributed by atoms with Crippen LogP contribution in [-0.4, -0.2) is 11.7 Å². The molecule has 1 unspecified atom stereocenters. The summed E-state index contributed by atoms with van der Waals surface area (Å²) in [7, 11) is 0. The van der Waals surface area contributed by atoms with Gasteiger partial charge in [0.1, 0.15) is 5.75 Å². The standard InChI is InChI=1S/C17H26O2/c1-4-19-15-7-5-6-14(12-15)16(18)13-8-10-17(2,3)11-9-13/h5-7,12-13,16,18H,4,8-11H2,1-3H3. The van der Waals surface area contributed by atoms with Crippen LogP contribution in [0.3, 0.4) is 0 Å². The average Bonchev–Trinajstić information content (AvgIpc) is 2.39. The molecule has 0 amide bonds. The molecule has 1 aliphatic carbocycles. The SMILES string of the molecule is CCOc1cccc(C(O)C2CCC(C)(C)CC2)c1. The molecule has 0 bridgehead atoms. The van der Waals surface area contributed by atoms with Crippen molar-refractivity contribution in [3.8, 4) is 5.75 Å². The van der Waals surface area contributed by atoms with Gasteiger partial charge in [-0.05, 0) is 61.6 Å². The summed E-state index contributed by atoms with van der Waals surface area (Å²) in [5, 5.41) is 10.6. The van der Waals surface area contributed by atoms with E-state index in [-0.39, 0.29) is 6.10 Å². The number of rotatable bonds is 4. The van der Waals surface area contributed by atoms with Crippen LogP contribution in [0.25, 0.3) is 0 Å². The first-order chi connectivity index (χ1) is 9.02. The largest absolute Gasteiger partial charge is 0.494 e. The molecular formula is C17H26O2. The summed E-state index contributed by atoms with van der Waals surface area (Å²) in [5.41, 5.74) is 1.44. The fraction of sp³-hybridized carbons (Fsp3) is 0.647. The predicted molar refractivity (Wildman–Crippen MR) is 78.3 cm³/mol. The molecule has 0 aliphatic heterocycles. The van der Waals surface area contributed by atoms with Crippen molar-refractivity contribution in [1.29, 1.82) is 0 Å². The van der Waals surface area contributed by atoms with Gasteiger partial charge in [0.15, 0.2) is 0 Å². The van der Waals surface area contributed by atoms with Crippen molar-refractivity contribution < 1.29 is 9.84 Å². The second-order valence-corrected chi connectivity index (χ2v) is 6.45. The molecule has 1 aliphatic rings. The van der Waals surface area contributed by atoms with Gasteiger partial charge in [-0.15, -0.1) is 0 Å². The lowest BCUT2D eigenvalue weighted by Gasteiger charge is -2.36. The average molecular weight is 262 g/mol. The highest BCUT2D eigenvalue weighted by molar-refractivity contribution is 5.30. The van der Waals surface area contributed by atoms with Gasteiger partial charge in [0.05, 0.1) is 12.7 Å². The molecule has 0 heterocycles. The highest BCUT2D eigenvalue weighted by Crippen LogP contribution is 2.42. The first kappa shape index (κ1) is 14.4. The number of benzene rings is 1. The molecule has 1 atom stereocenters. The smallest absolute Gasteiger partial charge is 0.119 e. The maximum Gasteiger partial charge on any atom is 0.119 e. The minimum Gasteiger partial charge on any atom is -0.494 e. The van der Waals surface area contributed by atoms with Gasteiger partial charge in [0.2, 0.25) is 0 Å². The van der Waals surface area contributed by atoms with E-state index in [1.807, 2.05) is 31.2 Å². The van der Waals surface area contributed by atoms with Crippen LogP contribution >= 0.6 is 0 Å². The summed E-state index contributed by atoms with van der Waals surface area (Å²) < 4.78 is 5.51. The van der Waals surface area contributed by atoms with E-state index in [9.17, 15) is 5.11 Å². The zero-order valence-electron chi connectivity index (χ0n) is 12.4. The summed E-state index contributed by atoms with van der Waals surface area (Å²) in [4.78, 5) is 0. The third-order valence-corrected chi connectivity index (χ3v) is 4.34. The summed E-state index contributed by atoms with van der Waals surface area (Å²) in [6.07, 6.45) is 4.30. The van der Waals surface area contributed by atoms with E-state index in [0.717, 1.165) is 24.2 Å². The monoisotopic (exact) mass is 262 g/mol. The van der Waals surface area contributed by atoms with Gasteiger partial charge >= 0.3 is 0 Å². The lowest BCUT2D eigenvalue weighted by atomic mass is 9.71. The number of hydrogen-bond acceptors (Lipinski definition) is 2. The van der Waals surface area contributed by atoms with Crippen molar-refractivity contribution in [2.45, 2.75) is 52.6 Å². The first-order valence-electron chi connectivity index (χ1n) is 7.43. The number of aliphatic hydroxyl groups excluding tert-OH is 1. The number of hydrogen-bond donors (Lipinski definition) is 1. The maximum absolute atomic E-state index is 10.6. The molecule has 2 nitrogen and oxygen atoms in total. The van der Waals surface area contributed by atoms with E-state index in [1.165, 1.54) is 12.8 Å². The number of aliphatic hydroxyl groups is 1. The Morgan fingerprint density at radius 2 is 2.00 bits per heavy atom. The zero-order valence-corrected chi connectivity index (χ0v) is 12.4. The van der Waals surface area contributed by atoms with Gasteiger partial charge in [-0.3, -0.25) is 0 Å². The molecule has 2 rings (SSSR count). The zero-order chi connectivity index (χ0) is 13.9. The fourth-order valence-electron chi connectivity index (χ4n) is 2.96. The van der Waals surface area contributed by atoms with Crippen LogP contribution in [-0.2, 0) is 0 Å². The molecule has 1 aromatic carbocycles. The van der Waals surface area contributed by atoms with Crippen molar-refractivity contribution in [2.24, 2.45) is 11.3 Å². The van der Waals surface area contributed by atoms with E-state index >= 15 is 0 Å². The summed E-state index contributed by atoms with van der Waals surface area (Å²) >= 11 is 0. The maximum atomic E-state index is 10.6. The van der Waals surface area contributed by atoms with Crippen molar-refractivity contribution in [2.75, 3.05) is 6.61 Å². The highest BCUT2D eigenvalue weighted by atomic mass is 16.5. The fourth-order valence-corrected chi connectivity index (χ4v) is 2.96. The van der Waals surface area contributed by atoms with Gasteiger partial charge in [-0.2, -0.15) is 0 Å². The van der Waals surface area contributed by atoms with Gasteiger partial charge < -0.3 is 9.84 Å². The minimum atomic E-state index is -0.350. The quantitative estimate of drug-likeness (QED) is 0.875. The Hall–Kier alpha value is -1.02. The summed E-state index contributed by atoms with van der Waals surface area (Å²) in [5.74, 6) is 1.25. The van der Waals surface area contributed by atoms with Crippen molar-refractivity contribution in [1.82, 2.24) is 0 Å². The molecule has 0 aromatic heterocycles. The van der Waals surface area contributed by atoms with E-state index in [4.69, 9.17) is 4.74 Å². The molecule has 2 heteroatoms. The molecule has 19 heavy (non-hydrogen) atoms. The Balaban J connectivity index is 2.03. The Labute approximate surface area is 116 Å². The Morgan fingerprint density at radius 3 is 2.63 bits per heavy atom. The second-order valence-electron chi connectivity index (χ2n) is 6.45. The van der Waals surface area contributed by atoms with Gasteiger partial charge in [0, 0.05) is 0 Å². The number of ether oxygens (including phenoxy) is 1. The summed E-state index contributed by atoms with van der Waals surface area (Å²) in [6, 6.07) is 7.90. The van der Waals surface area contributed by atoms with Crippen LogP contribution < -0.4 is 4.74 Å². The molecular weight excluding hydrogens is 236 g/mol. The van der Waals surface area contributed by atoms with Crippen molar-refractivity contribution >= 4 is 0 Å². The van der Waals surface area contributed by atoms with Crippen LogP contribution in [0.15, 0.2) is 24.3 Å². The molecule has 0 radical (unpaired) electrons. The van der Waals surface area contributed by atoms with Gasteiger partial charge in [0.25, 0.3) is 0 Å². The van der Waals surface area contributed by atoms with Crippen LogP contribution in [0.4, 0.5) is 0 Å². The van der Waals surface area contributed by atoms with Crippen molar-refractivity contribution in [3.63, 3.8) is 0 Å². The normalized spacial score (nSPS) is 21.1. The molecule has 1 aromatic rings. The highest BCUT2D eigenvalue weighted by Gasteiger charge is 2.31. The van der Waals surface area contributed by atoms with Crippen molar-refractivity contribution in [3.05, 3.63) is 29.8 Å².